The van der Waals surface area contributed by atoms with Gasteiger partial charge in [0.15, 0.2) is 0 Å². The summed E-state index contributed by atoms with van der Waals surface area (Å²) in [6.07, 6.45) is 2.67. The van der Waals surface area contributed by atoms with Crippen LogP contribution in [0.25, 0.3) is 0 Å². The predicted molar refractivity (Wildman–Crippen MR) is 53.9 cm³/mol. The van der Waals surface area contributed by atoms with Crippen molar-refractivity contribution in [3.63, 3.8) is 0 Å². The maximum Gasteiger partial charge on any atom is 0.323 e. The first-order chi connectivity index (χ1) is 7.26. The number of fused-ring (bicyclic) bond motifs is 3. The van der Waals surface area contributed by atoms with Crippen LogP contribution in [0, 0.1) is 5.92 Å². The zero-order chi connectivity index (χ0) is 10.8. The van der Waals surface area contributed by atoms with Crippen molar-refractivity contribution >= 4 is 11.9 Å². The Hall–Kier alpha value is -1.12. The van der Waals surface area contributed by atoms with Crippen molar-refractivity contribution in [1.82, 2.24) is 5.32 Å². The molecule has 4 nitrogen and oxygen atoms in total. The Bertz CT molecular complexity index is 320. The van der Waals surface area contributed by atoms with E-state index in [0.717, 1.165) is 24.8 Å². The molecule has 3 aliphatic rings. The van der Waals surface area contributed by atoms with Crippen LogP contribution in [-0.4, -0.2) is 30.6 Å². The number of carbonyl (C=O) groups excluding carboxylic acids is 2. The minimum atomic E-state index is -0.325. The SMILES string of the molecule is CCOC(=O)C1NC2CCC1C(=C=O)C2. The third-order valence-electron chi connectivity index (χ3n) is 3.23. The van der Waals surface area contributed by atoms with Crippen molar-refractivity contribution in [3.8, 4) is 0 Å². The lowest BCUT2D eigenvalue weighted by Gasteiger charge is -2.42. The van der Waals surface area contributed by atoms with Gasteiger partial charge in [0.25, 0.3) is 0 Å². The van der Waals surface area contributed by atoms with Crippen LogP contribution in [0.1, 0.15) is 26.2 Å². The van der Waals surface area contributed by atoms with Crippen LogP contribution in [0.15, 0.2) is 5.57 Å². The second-order valence-electron chi connectivity index (χ2n) is 4.11. The number of hydrogen-bond acceptors (Lipinski definition) is 4. The van der Waals surface area contributed by atoms with Gasteiger partial charge in [-0.15, -0.1) is 0 Å². The molecule has 82 valence electrons. The molecule has 2 heterocycles. The largest absolute Gasteiger partial charge is 0.465 e. The van der Waals surface area contributed by atoms with Gasteiger partial charge in [-0.25, -0.2) is 4.79 Å². The van der Waals surface area contributed by atoms with E-state index in [2.05, 4.69) is 5.32 Å². The molecule has 2 saturated heterocycles. The van der Waals surface area contributed by atoms with E-state index in [1.807, 2.05) is 5.94 Å². The van der Waals surface area contributed by atoms with Crippen LogP contribution in [0.3, 0.4) is 0 Å². The number of piperidine rings is 2. The van der Waals surface area contributed by atoms with E-state index in [9.17, 15) is 9.59 Å². The average Bonchev–Trinajstić information content (AvgIpc) is 2.29. The molecule has 1 aliphatic carbocycles. The summed E-state index contributed by atoms with van der Waals surface area (Å²) in [4.78, 5) is 22.4. The maximum absolute atomic E-state index is 11.6. The van der Waals surface area contributed by atoms with Crippen molar-refractivity contribution in [2.24, 2.45) is 5.92 Å². The van der Waals surface area contributed by atoms with E-state index >= 15 is 0 Å². The van der Waals surface area contributed by atoms with Crippen LogP contribution in [0.4, 0.5) is 0 Å². The Morgan fingerprint density at radius 1 is 1.60 bits per heavy atom. The fraction of sp³-hybridized carbons (Fsp3) is 0.727. The minimum absolute atomic E-state index is 0.00606. The van der Waals surface area contributed by atoms with Gasteiger partial charge in [0.05, 0.1) is 6.61 Å². The Kier molecular flexibility index (Phi) is 2.89. The van der Waals surface area contributed by atoms with Crippen molar-refractivity contribution in [2.45, 2.75) is 38.3 Å². The van der Waals surface area contributed by atoms with Gasteiger partial charge in [-0.3, -0.25) is 4.79 Å². The first kappa shape index (κ1) is 10.4. The molecule has 3 fully saturated rings. The normalized spacial score (nSPS) is 33.7. The Labute approximate surface area is 88.7 Å². The zero-order valence-electron chi connectivity index (χ0n) is 8.79. The number of esters is 1. The summed E-state index contributed by atoms with van der Waals surface area (Å²) in [5.41, 5.74) is 0.753. The Morgan fingerprint density at radius 2 is 2.40 bits per heavy atom. The summed E-state index contributed by atoms with van der Waals surface area (Å²) in [6, 6.07) is -0.0743. The van der Waals surface area contributed by atoms with Crippen LogP contribution >= 0.6 is 0 Å². The van der Waals surface area contributed by atoms with Crippen molar-refractivity contribution < 1.29 is 14.3 Å². The predicted octanol–water partition coefficient (Wildman–Crippen LogP) is 0.448. The van der Waals surface area contributed by atoms with Gasteiger partial charge in [0.2, 0.25) is 0 Å². The molecule has 3 unspecified atom stereocenters. The third-order valence-corrected chi connectivity index (χ3v) is 3.23. The highest BCUT2D eigenvalue weighted by molar-refractivity contribution is 5.78. The van der Waals surface area contributed by atoms with Gasteiger partial charge in [0.1, 0.15) is 12.0 Å². The van der Waals surface area contributed by atoms with E-state index in [1.54, 1.807) is 6.92 Å². The van der Waals surface area contributed by atoms with E-state index in [-0.39, 0.29) is 24.0 Å². The first-order valence-corrected chi connectivity index (χ1v) is 5.42. The van der Waals surface area contributed by atoms with Crippen molar-refractivity contribution in [2.75, 3.05) is 6.61 Å². The van der Waals surface area contributed by atoms with Crippen molar-refractivity contribution in [1.29, 1.82) is 0 Å². The molecular weight excluding hydrogens is 194 g/mol. The molecule has 0 aromatic heterocycles. The summed E-state index contributed by atoms with van der Waals surface area (Å²) in [5.74, 6) is 1.75. The van der Waals surface area contributed by atoms with Gasteiger partial charge in [-0.05, 0) is 26.2 Å². The molecule has 15 heavy (non-hydrogen) atoms. The monoisotopic (exact) mass is 209 g/mol. The Balaban J connectivity index is 2.14. The first-order valence-electron chi connectivity index (χ1n) is 5.42. The molecule has 0 aromatic carbocycles. The summed E-state index contributed by atoms with van der Waals surface area (Å²) < 4.78 is 4.98. The highest BCUT2D eigenvalue weighted by Crippen LogP contribution is 2.36. The van der Waals surface area contributed by atoms with Crippen LogP contribution < -0.4 is 5.32 Å². The molecule has 0 radical (unpaired) electrons. The molecule has 0 aromatic rings. The van der Waals surface area contributed by atoms with Crippen LogP contribution in [0.5, 0.6) is 0 Å². The Morgan fingerprint density at radius 3 is 3.00 bits per heavy atom. The van der Waals surface area contributed by atoms with E-state index in [4.69, 9.17) is 4.74 Å². The number of carbonyl (C=O) groups is 1. The maximum atomic E-state index is 11.6. The molecule has 4 heteroatoms. The number of hydrogen-bond donors (Lipinski definition) is 1. The lowest BCUT2D eigenvalue weighted by atomic mass is 9.73. The summed E-state index contributed by atoms with van der Waals surface area (Å²) in [6.45, 7) is 2.17. The van der Waals surface area contributed by atoms with Crippen LogP contribution in [0.2, 0.25) is 0 Å². The van der Waals surface area contributed by atoms with Gasteiger partial charge >= 0.3 is 5.97 Å². The smallest absolute Gasteiger partial charge is 0.323 e. The molecule has 0 spiro atoms. The second-order valence-corrected chi connectivity index (χ2v) is 4.11. The highest BCUT2D eigenvalue weighted by Gasteiger charge is 2.43. The van der Waals surface area contributed by atoms with Gasteiger partial charge in [-0.2, -0.15) is 0 Å². The molecule has 1 N–H and O–H groups in total. The fourth-order valence-electron chi connectivity index (χ4n) is 2.54. The van der Waals surface area contributed by atoms with E-state index in [0.29, 0.717) is 6.61 Å². The average molecular weight is 209 g/mol. The van der Waals surface area contributed by atoms with Gasteiger partial charge < -0.3 is 10.1 Å². The molecule has 2 aliphatic heterocycles. The summed E-state index contributed by atoms with van der Waals surface area (Å²) >= 11 is 0. The van der Waals surface area contributed by atoms with Crippen LogP contribution in [-0.2, 0) is 14.3 Å². The highest BCUT2D eigenvalue weighted by atomic mass is 16.5. The quantitative estimate of drug-likeness (QED) is 0.530. The number of rotatable bonds is 2. The zero-order valence-corrected chi connectivity index (χ0v) is 8.79. The lowest BCUT2D eigenvalue weighted by Crippen LogP contribution is -2.57. The fourth-order valence-corrected chi connectivity index (χ4v) is 2.54. The van der Waals surface area contributed by atoms with E-state index < -0.39 is 0 Å². The van der Waals surface area contributed by atoms with Gasteiger partial charge in [0, 0.05) is 17.5 Å². The molecule has 2 bridgehead atoms. The molecule has 1 saturated carbocycles. The molecule has 0 amide bonds. The third kappa shape index (κ3) is 1.83. The molecule has 3 atom stereocenters. The summed E-state index contributed by atoms with van der Waals surface area (Å²) in [5, 5.41) is 3.23. The van der Waals surface area contributed by atoms with Crippen molar-refractivity contribution in [3.05, 3.63) is 5.57 Å². The standard InChI is InChI=1S/C11H15NO3/c1-2-15-11(14)10-9-4-3-8(12-10)5-7(9)6-13/h8-10,12H,2-5H2,1H3. The molecule has 3 rings (SSSR count). The topological polar surface area (TPSA) is 55.4 Å². The second kappa shape index (κ2) is 4.17. The lowest BCUT2D eigenvalue weighted by molar-refractivity contribution is -0.148. The van der Waals surface area contributed by atoms with Gasteiger partial charge in [-0.1, -0.05) is 0 Å². The number of ether oxygens (including phenoxy) is 1. The summed E-state index contributed by atoms with van der Waals surface area (Å²) in [7, 11) is 0. The molecular formula is C11H15NO3. The number of nitrogens with one attached hydrogen (secondary N) is 1. The van der Waals surface area contributed by atoms with E-state index in [1.165, 1.54) is 0 Å². The minimum Gasteiger partial charge on any atom is -0.465 e.